The van der Waals surface area contributed by atoms with Crippen LogP contribution in [0.3, 0.4) is 0 Å². The van der Waals surface area contributed by atoms with Crippen molar-refractivity contribution in [2.45, 2.75) is 19.3 Å². The third-order valence-electron chi connectivity index (χ3n) is 1.82. The van der Waals surface area contributed by atoms with Crippen LogP contribution in [-0.2, 0) is 14.4 Å². The lowest BCUT2D eigenvalue weighted by molar-refractivity contribution is -0.138. The van der Waals surface area contributed by atoms with Gasteiger partial charge in [-0.05, 0) is 0 Å². The third kappa shape index (κ3) is 2.54. The molecule has 5 nitrogen and oxygen atoms in total. The molecule has 0 aromatic heterocycles. The number of carbonyl (C=O) groups excluding carboxylic acids is 2. The van der Waals surface area contributed by atoms with Gasteiger partial charge < -0.3 is 4.84 Å². The number of hydrogen-bond acceptors (Lipinski definition) is 4. The molecule has 72 valence electrons. The molecular formula is C8H12N2O3. The summed E-state index contributed by atoms with van der Waals surface area (Å²) in [4.78, 5) is 27.9. The molecule has 1 aliphatic rings. The van der Waals surface area contributed by atoms with E-state index >= 15 is 0 Å². The van der Waals surface area contributed by atoms with Gasteiger partial charge in [-0.1, -0.05) is 5.16 Å². The summed E-state index contributed by atoms with van der Waals surface area (Å²) < 4.78 is 0. The Morgan fingerprint density at radius 3 is 2.62 bits per heavy atom. The van der Waals surface area contributed by atoms with Gasteiger partial charge in [0.1, 0.15) is 7.11 Å². The predicted octanol–water partition coefficient (Wildman–Crippen LogP) is 0.158. The van der Waals surface area contributed by atoms with Crippen molar-refractivity contribution in [1.82, 2.24) is 4.90 Å². The van der Waals surface area contributed by atoms with Crippen LogP contribution in [0.4, 0.5) is 0 Å². The van der Waals surface area contributed by atoms with Gasteiger partial charge in [0.2, 0.25) is 11.8 Å². The summed E-state index contributed by atoms with van der Waals surface area (Å²) in [5.74, 6) is -0.174. The van der Waals surface area contributed by atoms with E-state index < -0.39 is 0 Å². The summed E-state index contributed by atoms with van der Waals surface area (Å²) >= 11 is 0. The van der Waals surface area contributed by atoms with E-state index in [0.717, 1.165) is 0 Å². The Hall–Kier alpha value is -1.39. The number of rotatable bonds is 4. The zero-order valence-corrected chi connectivity index (χ0v) is 7.52. The number of likely N-dealkylation sites (tertiary alicyclic amines) is 1. The largest absolute Gasteiger partial charge is 0.399 e. The van der Waals surface area contributed by atoms with Crippen molar-refractivity contribution in [2.24, 2.45) is 5.16 Å². The summed E-state index contributed by atoms with van der Waals surface area (Å²) in [6.45, 7) is 0.407. The van der Waals surface area contributed by atoms with E-state index in [-0.39, 0.29) is 11.8 Å². The smallest absolute Gasteiger partial charge is 0.229 e. The van der Waals surface area contributed by atoms with Crippen molar-refractivity contribution in [3.8, 4) is 0 Å². The van der Waals surface area contributed by atoms with Crippen molar-refractivity contribution >= 4 is 18.0 Å². The van der Waals surface area contributed by atoms with Crippen LogP contribution in [0.15, 0.2) is 5.16 Å². The van der Waals surface area contributed by atoms with Crippen molar-refractivity contribution in [1.29, 1.82) is 0 Å². The minimum absolute atomic E-state index is 0.0872. The minimum atomic E-state index is -0.0872. The fraction of sp³-hybridized carbons (Fsp3) is 0.625. The maximum Gasteiger partial charge on any atom is 0.229 e. The fourth-order valence-electron chi connectivity index (χ4n) is 1.19. The number of imide groups is 1. The van der Waals surface area contributed by atoms with Gasteiger partial charge in [-0.3, -0.25) is 14.5 Å². The molecule has 0 unspecified atom stereocenters. The molecule has 0 saturated carbocycles. The van der Waals surface area contributed by atoms with E-state index in [1.54, 1.807) is 6.21 Å². The van der Waals surface area contributed by atoms with Gasteiger partial charge in [-0.15, -0.1) is 0 Å². The van der Waals surface area contributed by atoms with Crippen LogP contribution < -0.4 is 0 Å². The normalized spacial score (nSPS) is 17.5. The highest BCUT2D eigenvalue weighted by Gasteiger charge is 2.27. The van der Waals surface area contributed by atoms with Crippen LogP contribution in [0.1, 0.15) is 19.3 Å². The molecule has 1 saturated heterocycles. The van der Waals surface area contributed by atoms with Gasteiger partial charge in [0, 0.05) is 32.0 Å². The van der Waals surface area contributed by atoms with E-state index in [2.05, 4.69) is 9.99 Å². The van der Waals surface area contributed by atoms with Crippen LogP contribution in [0.5, 0.6) is 0 Å². The Morgan fingerprint density at radius 1 is 1.46 bits per heavy atom. The Kier molecular flexibility index (Phi) is 3.42. The minimum Gasteiger partial charge on any atom is -0.399 e. The summed E-state index contributed by atoms with van der Waals surface area (Å²) in [5.41, 5.74) is 0. The SMILES string of the molecule is CO/N=C/CCN1C(=O)CCC1=O. The first-order chi connectivity index (χ1) is 6.25. The van der Waals surface area contributed by atoms with Gasteiger partial charge in [0.05, 0.1) is 0 Å². The molecule has 0 aromatic carbocycles. The molecule has 1 fully saturated rings. The Labute approximate surface area is 76.3 Å². The first-order valence-corrected chi connectivity index (χ1v) is 4.14. The number of hydrogen-bond donors (Lipinski definition) is 0. The van der Waals surface area contributed by atoms with Crippen LogP contribution in [-0.4, -0.2) is 36.6 Å². The van der Waals surface area contributed by atoms with Gasteiger partial charge in [-0.25, -0.2) is 0 Å². The maximum absolute atomic E-state index is 11.1. The first-order valence-electron chi connectivity index (χ1n) is 4.14. The Bertz CT molecular complexity index is 222. The molecule has 0 N–H and O–H groups in total. The molecule has 1 heterocycles. The van der Waals surface area contributed by atoms with Gasteiger partial charge in [0.25, 0.3) is 0 Å². The molecule has 0 bridgehead atoms. The summed E-state index contributed by atoms with van der Waals surface area (Å²) in [6.07, 6.45) is 2.78. The van der Waals surface area contributed by atoms with Crippen LogP contribution in [0, 0.1) is 0 Å². The first kappa shape index (κ1) is 9.70. The summed E-state index contributed by atoms with van der Waals surface area (Å²) in [5, 5.41) is 3.51. The summed E-state index contributed by atoms with van der Waals surface area (Å²) in [6, 6.07) is 0. The second kappa shape index (κ2) is 4.59. The number of nitrogens with zero attached hydrogens (tertiary/aromatic N) is 2. The molecule has 0 radical (unpaired) electrons. The number of oxime groups is 1. The average molecular weight is 184 g/mol. The predicted molar refractivity (Wildman–Crippen MR) is 46.1 cm³/mol. The molecule has 0 spiro atoms. The van der Waals surface area contributed by atoms with Crippen LogP contribution in [0.2, 0.25) is 0 Å². The highest BCUT2D eigenvalue weighted by molar-refractivity contribution is 6.02. The molecule has 2 amide bonds. The van der Waals surface area contributed by atoms with Crippen molar-refractivity contribution in [3.63, 3.8) is 0 Å². The topological polar surface area (TPSA) is 59.0 Å². The maximum atomic E-state index is 11.1. The second-order valence-electron chi connectivity index (χ2n) is 2.70. The highest BCUT2D eigenvalue weighted by Crippen LogP contribution is 2.11. The molecule has 0 aliphatic carbocycles. The van der Waals surface area contributed by atoms with E-state index in [0.29, 0.717) is 25.8 Å². The van der Waals surface area contributed by atoms with Gasteiger partial charge >= 0.3 is 0 Å². The van der Waals surface area contributed by atoms with Crippen LogP contribution in [0.25, 0.3) is 0 Å². The van der Waals surface area contributed by atoms with E-state index in [4.69, 9.17) is 0 Å². The molecule has 0 atom stereocenters. The van der Waals surface area contributed by atoms with Crippen LogP contribution >= 0.6 is 0 Å². The Morgan fingerprint density at radius 2 is 2.08 bits per heavy atom. The van der Waals surface area contributed by atoms with E-state index in [9.17, 15) is 9.59 Å². The number of carbonyl (C=O) groups is 2. The fourth-order valence-corrected chi connectivity index (χ4v) is 1.19. The lowest BCUT2D eigenvalue weighted by Gasteiger charge is -2.10. The number of amides is 2. The lowest BCUT2D eigenvalue weighted by atomic mass is 10.4. The average Bonchev–Trinajstić information content (AvgIpc) is 2.42. The highest BCUT2D eigenvalue weighted by atomic mass is 16.6. The van der Waals surface area contributed by atoms with Gasteiger partial charge in [0.15, 0.2) is 0 Å². The van der Waals surface area contributed by atoms with Crippen molar-refractivity contribution < 1.29 is 14.4 Å². The Balaban J connectivity index is 2.31. The van der Waals surface area contributed by atoms with Crippen molar-refractivity contribution in [2.75, 3.05) is 13.7 Å². The molecule has 13 heavy (non-hydrogen) atoms. The quantitative estimate of drug-likeness (QED) is 0.355. The zero-order chi connectivity index (χ0) is 9.68. The molecule has 1 aliphatic heterocycles. The molecule has 1 rings (SSSR count). The lowest BCUT2D eigenvalue weighted by Crippen LogP contribution is -2.30. The van der Waals surface area contributed by atoms with Gasteiger partial charge in [-0.2, -0.15) is 0 Å². The van der Waals surface area contributed by atoms with Crippen molar-refractivity contribution in [3.05, 3.63) is 0 Å². The molecular weight excluding hydrogens is 172 g/mol. The third-order valence-corrected chi connectivity index (χ3v) is 1.82. The zero-order valence-electron chi connectivity index (χ0n) is 7.52. The molecule has 5 heteroatoms. The van der Waals surface area contributed by atoms with E-state index in [1.807, 2.05) is 0 Å². The monoisotopic (exact) mass is 184 g/mol. The summed E-state index contributed by atoms with van der Waals surface area (Å²) in [7, 11) is 1.45. The second-order valence-corrected chi connectivity index (χ2v) is 2.70. The van der Waals surface area contributed by atoms with E-state index in [1.165, 1.54) is 12.0 Å². The molecule has 0 aromatic rings. The standard InChI is InChI=1S/C8H12N2O3/c1-13-9-5-2-6-10-7(11)3-4-8(10)12/h5H,2-4,6H2,1H3/b9-5+.